The molecule has 3 aromatic rings. The third-order valence-corrected chi connectivity index (χ3v) is 3.62. The lowest BCUT2D eigenvalue weighted by Gasteiger charge is -2.10. The van der Waals surface area contributed by atoms with E-state index in [4.69, 9.17) is 14.7 Å². The first-order valence-electron chi connectivity index (χ1n) is 8.10. The Morgan fingerprint density at radius 1 is 1.00 bits per heavy atom. The summed E-state index contributed by atoms with van der Waals surface area (Å²) in [7, 11) is 0. The fourth-order valence-corrected chi connectivity index (χ4v) is 2.30. The van der Waals surface area contributed by atoms with Crippen molar-refractivity contribution < 1.29 is 18.7 Å². The summed E-state index contributed by atoms with van der Waals surface area (Å²) in [5.41, 5.74) is 1.37. The van der Waals surface area contributed by atoms with Gasteiger partial charge in [0.25, 0.3) is 0 Å². The summed E-state index contributed by atoms with van der Waals surface area (Å²) < 4.78 is 24.8. The van der Waals surface area contributed by atoms with Crippen LogP contribution in [0.5, 0.6) is 11.5 Å². The maximum Gasteiger partial charge on any atom is 0.411 e. The predicted octanol–water partition coefficient (Wildman–Crippen LogP) is 5.24. The van der Waals surface area contributed by atoms with Crippen molar-refractivity contribution >= 4 is 11.8 Å². The molecule has 0 unspecified atom stereocenters. The maximum absolute atomic E-state index is 14.3. The summed E-state index contributed by atoms with van der Waals surface area (Å²) in [6.45, 7) is 0.112. The van der Waals surface area contributed by atoms with Crippen LogP contribution in [0.1, 0.15) is 11.1 Å². The molecule has 1 N–H and O–H groups in total. The molecule has 5 nitrogen and oxygen atoms in total. The highest BCUT2D eigenvalue weighted by Gasteiger charge is 2.11. The van der Waals surface area contributed by atoms with Gasteiger partial charge in [-0.3, -0.25) is 5.32 Å². The highest BCUT2D eigenvalue weighted by atomic mass is 19.1. The number of amides is 1. The number of ether oxygens (including phenoxy) is 2. The Kier molecular flexibility index (Phi) is 5.65. The van der Waals surface area contributed by atoms with Gasteiger partial charge in [0.2, 0.25) is 0 Å². The second-order valence-corrected chi connectivity index (χ2v) is 5.54. The van der Waals surface area contributed by atoms with Crippen LogP contribution in [0.3, 0.4) is 0 Å². The molecule has 0 heterocycles. The Bertz CT molecular complexity index is 984. The fraction of sp³-hybridized carbons (Fsp3) is 0.0476. The number of nitrogens with zero attached hydrogens (tertiary/aromatic N) is 1. The van der Waals surface area contributed by atoms with Crippen LogP contribution in [0.4, 0.5) is 14.9 Å². The minimum absolute atomic E-state index is 0.0547. The summed E-state index contributed by atoms with van der Waals surface area (Å²) in [6.07, 6.45) is -0.693. The number of hydrogen-bond donors (Lipinski definition) is 1. The molecule has 0 radical (unpaired) electrons. The summed E-state index contributed by atoms with van der Waals surface area (Å²) in [5.74, 6) is -0.480. The lowest BCUT2D eigenvalue weighted by atomic mass is 10.2. The molecule has 0 aliphatic heterocycles. The standard InChI is InChI=1S/C21H15FN2O3/c22-18-12-17(24-21(25)26-14-15-6-2-1-3-7-15)10-11-20(18)27-19-9-5-4-8-16(19)13-23/h1-12H,14H2,(H,24,25). The summed E-state index contributed by atoms with van der Waals surface area (Å²) >= 11 is 0. The van der Waals surface area contributed by atoms with Crippen molar-refractivity contribution in [2.45, 2.75) is 6.61 Å². The number of halogens is 1. The van der Waals surface area contributed by atoms with Crippen LogP contribution in [0.15, 0.2) is 72.8 Å². The molecule has 0 bridgehead atoms. The van der Waals surface area contributed by atoms with Gasteiger partial charge < -0.3 is 9.47 Å². The lowest BCUT2D eigenvalue weighted by molar-refractivity contribution is 0.155. The van der Waals surface area contributed by atoms with E-state index in [1.807, 2.05) is 36.4 Å². The normalized spacial score (nSPS) is 9.93. The second-order valence-electron chi connectivity index (χ2n) is 5.54. The van der Waals surface area contributed by atoms with E-state index in [0.717, 1.165) is 11.6 Å². The average molecular weight is 362 g/mol. The molecule has 0 aromatic heterocycles. The van der Waals surface area contributed by atoms with E-state index in [1.54, 1.807) is 24.3 Å². The first-order valence-corrected chi connectivity index (χ1v) is 8.10. The molecule has 0 spiro atoms. The van der Waals surface area contributed by atoms with E-state index in [9.17, 15) is 9.18 Å². The van der Waals surface area contributed by atoms with E-state index in [1.165, 1.54) is 12.1 Å². The molecule has 0 fully saturated rings. The average Bonchev–Trinajstić information content (AvgIpc) is 2.69. The van der Waals surface area contributed by atoms with E-state index in [2.05, 4.69) is 5.32 Å². The Morgan fingerprint density at radius 2 is 1.74 bits per heavy atom. The molecule has 6 heteroatoms. The summed E-state index contributed by atoms with van der Waals surface area (Å²) in [5, 5.41) is 11.5. The number of anilines is 1. The van der Waals surface area contributed by atoms with Gasteiger partial charge in [-0.05, 0) is 29.8 Å². The fourth-order valence-electron chi connectivity index (χ4n) is 2.30. The minimum atomic E-state index is -0.693. The SMILES string of the molecule is N#Cc1ccccc1Oc1ccc(NC(=O)OCc2ccccc2)cc1F. The molecular weight excluding hydrogens is 347 g/mol. The summed E-state index contributed by atoms with van der Waals surface area (Å²) in [4.78, 5) is 11.8. The molecule has 3 aromatic carbocycles. The monoisotopic (exact) mass is 362 g/mol. The van der Waals surface area contributed by atoms with Crippen molar-refractivity contribution in [3.8, 4) is 17.6 Å². The molecule has 1 amide bonds. The molecule has 3 rings (SSSR count). The number of carbonyl (C=O) groups is 1. The highest BCUT2D eigenvalue weighted by Crippen LogP contribution is 2.28. The van der Waals surface area contributed by atoms with E-state index >= 15 is 0 Å². The molecule has 0 saturated carbocycles. The zero-order valence-corrected chi connectivity index (χ0v) is 14.2. The van der Waals surface area contributed by atoms with Crippen LogP contribution >= 0.6 is 0 Å². The topological polar surface area (TPSA) is 71.3 Å². The first kappa shape index (κ1) is 18.0. The zero-order valence-electron chi connectivity index (χ0n) is 14.2. The van der Waals surface area contributed by atoms with Gasteiger partial charge in [0.1, 0.15) is 18.4 Å². The molecule has 0 aliphatic carbocycles. The third kappa shape index (κ3) is 4.83. The number of benzene rings is 3. The molecule has 0 atom stereocenters. The molecule has 0 saturated heterocycles. The van der Waals surface area contributed by atoms with Gasteiger partial charge in [-0.15, -0.1) is 0 Å². The highest BCUT2D eigenvalue weighted by molar-refractivity contribution is 5.84. The zero-order chi connectivity index (χ0) is 19.1. The number of nitriles is 1. The molecular formula is C21H15FN2O3. The van der Waals surface area contributed by atoms with Gasteiger partial charge in [-0.25, -0.2) is 9.18 Å². The van der Waals surface area contributed by atoms with Crippen LogP contribution in [-0.2, 0) is 11.3 Å². The number of carbonyl (C=O) groups excluding carboxylic acids is 1. The van der Waals surface area contributed by atoms with Gasteiger partial charge >= 0.3 is 6.09 Å². The van der Waals surface area contributed by atoms with Gasteiger partial charge in [-0.2, -0.15) is 5.26 Å². The Morgan fingerprint density at radius 3 is 2.48 bits per heavy atom. The Labute approximate surface area is 155 Å². The quantitative estimate of drug-likeness (QED) is 0.674. The van der Waals surface area contributed by atoms with Crippen LogP contribution in [0.25, 0.3) is 0 Å². The molecule has 27 heavy (non-hydrogen) atoms. The smallest absolute Gasteiger partial charge is 0.411 e. The van der Waals surface area contributed by atoms with Gasteiger partial charge in [-0.1, -0.05) is 42.5 Å². The van der Waals surface area contributed by atoms with Crippen LogP contribution in [0.2, 0.25) is 0 Å². The number of para-hydroxylation sites is 1. The van der Waals surface area contributed by atoms with Gasteiger partial charge in [0.05, 0.1) is 5.56 Å². The first-order chi connectivity index (χ1) is 13.2. The number of rotatable bonds is 5. The third-order valence-electron chi connectivity index (χ3n) is 3.62. The lowest BCUT2D eigenvalue weighted by Crippen LogP contribution is -2.13. The van der Waals surface area contributed by atoms with Crippen molar-refractivity contribution in [3.05, 3.63) is 89.7 Å². The Hall–Kier alpha value is -3.85. The van der Waals surface area contributed by atoms with E-state index in [-0.39, 0.29) is 23.8 Å². The summed E-state index contributed by atoms with van der Waals surface area (Å²) in [6, 6.07) is 21.7. The second kappa shape index (κ2) is 8.50. The van der Waals surface area contributed by atoms with Gasteiger partial charge in [0, 0.05) is 11.8 Å². The van der Waals surface area contributed by atoms with Crippen molar-refractivity contribution in [2.75, 3.05) is 5.32 Å². The minimum Gasteiger partial charge on any atom is -0.453 e. The van der Waals surface area contributed by atoms with Crippen molar-refractivity contribution in [1.82, 2.24) is 0 Å². The predicted molar refractivity (Wildman–Crippen MR) is 97.9 cm³/mol. The van der Waals surface area contributed by atoms with Crippen LogP contribution in [-0.4, -0.2) is 6.09 Å². The maximum atomic E-state index is 14.3. The van der Waals surface area contributed by atoms with E-state index < -0.39 is 11.9 Å². The molecule has 134 valence electrons. The van der Waals surface area contributed by atoms with Gasteiger partial charge in [0.15, 0.2) is 11.6 Å². The number of nitrogens with one attached hydrogen (secondary N) is 1. The largest absolute Gasteiger partial charge is 0.453 e. The Balaban J connectivity index is 1.62. The van der Waals surface area contributed by atoms with Crippen molar-refractivity contribution in [3.63, 3.8) is 0 Å². The molecule has 0 aliphatic rings. The van der Waals surface area contributed by atoms with E-state index in [0.29, 0.717) is 5.56 Å². The van der Waals surface area contributed by atoms with Crippen LogP contribution < -0.4 is 10.1 Å². The van der Waals surface area contributed by atoms with Crippen molar-refractivity contribution in [2.24, 2.45) is 0 Å². The van der Waals surface area contributed by atoms with Crippen LogP contribution in [0, 0.1) is 17.1 Å². The number of hydrogen-bond acceptors (Lipinski definition) is 4. The van der Waals surface area contributed by atoms with Crippen molar-refractivity contribution in [1.29, 1.82) is 5.26 Å².